The molecule has 1 saturated heterocycles. The minimum Gasteiger partial charge on any atom is -0.496 e. The average Bonchev–Trinajstić information content (AvgIpc) is 3.17. The number of hydrogen-bond donors (Lipinski definition) is 1. The lowest BCUT2D eigenvalue weighted by Gasteiger charge is -2.34. The molecule has 1 aliphatic heterocycles. The normalized spacial score (nSPS) is 14.4. The first-order valence-electron chi connectivity index (χ1n) is 8.84. The number of rotatable bonds is 4. The second-order valence-electron chi connectivity index (χ2n) is 6.70. The van der Waals surface area contributed by atoms with Gasteiger partial charge in [-0.3, -0.25) is 9.59 Å². The van der Waals surface area contributed by atoms with Gasteiger partial charge in [0.15, 0.2) is 0 Å². The van der Waals surface area contributed by atoms with E-state index in [1.54, 1.807) is 24.3 Å². The Morgan fingerprint density at radius 3 is 2.42 bits per heavy atom. The standard InChI is InChI=1S/C20H25N3O3/c1-14-11-15(2)16(18(12-14)26-3)13-19(24)22-7-9-23(10-8-22)20(25)17-5-4-6-21-17/h4-6,11-12,21H,7-10,13H2,1-3H3. The van der Waals surface area contributed by atoms with E-state index in [4.69, 9.17) is 4.74 Å². The van der Waals surface area contributed by atoms with Crippen LogP contribution in [0, 0.1) is 13.8 Å². The van der Waals surface area contributed by atoms with Crippen molar-refractivity contribution in [2.45, 2.75) is 20.3 Å². The summed E-state index contributed by atoms with van der Waals surface area (Å²) in [4.78, 5) is 31.7. The molecule has 6 heteroatoms. The molecule has 0 unspecified atom stereocenters. The molecule has 26 heavy (non-hydrogen) atoms. The minimum absolute atomic E-state index is 0.0156. The molecule has 1 aromatic carbocycles. The predicted octanol–water partition coefficient (Wildman–Crippen LogP) is 2.17. The Labute approximate surface area is 153 Å². The first-order chi connectivity index (χ1) is 12.5. The fourth-order valence-electron chi connectivity index (χ4n) is 3.42. The van der Waals surface area contributed by atoms with Crippen LogP contribution < -0.4 is 4.74 Å². The van der Waals surface area contributed by atoms with Crippen molar-refractivity contribution in [1.82, 2.24) is 14.8 Å². The lowest BCUT2D eigenvalue weighted by atomic mass is 10.0. The van der Waals surface area contributed by atoms with Crippen LogP contribution in [0.25, 0.3) is 0 Å². The van der Waals surface area contributed by atoms with Gasteiger partial charge < -0.3 is 19.5 Å². The largest absolute Gasteiger partial charge is 0.496 e. The number of carbonyl (C=O) groups excluding carboxylic acids is 2. The van der Waals surface area contributed by atoms with Gasteiger partial charge in [0, 0.05) is 37.9 Å². The zero-order chi connectivity index (χ0) is 18.7. The van der Waals surface area contributed by atoms with E-state index in [0.29, 0.717) is 38.3 Å². The number of nitrogens with zero attached hydrogens (tertiary/aromatic N) is 2. The van der Waals surface area contributed by atoms with Gasteiger partial charge in [-0.1, -0.05) is 6.07 Å². The number of hydrogen-bond acceptors (Lipinski definition) is 3. The number of H-pyrrole nitrogens is 1. The molecule has 2 amide bonds. The third kappa shape index (κ3) is 3.74. The summed E-state index contributed by atoms with van der Waals surface area (Å²) in [5, 5.41) is 0. The number of aryl methyl sites for hydroxylation is 2. The van der Waals surface area contributed by atoms with Crippen molar-refractivity contribution >= 4 is 11.8 Å². The van der Waals surface area contributed by atoms with Crippen LogP contribution in [-0.2, 0) is 11.2 Å². The third-order valence-electron chi connectivity index (χ3n) is 4.87. The summed E-state index contributed by atoms with van der Waals surface area (Å²) in [5.74, 6) is 0.816. The Morgan fingerprint density at radius 2 is 1.81 bits per heavy atom. The SMILES string of the molecule is COc1cc(C)cc(C)c1CC(=O)N1CCN(C(=O)c2ccc[nH]2)CC1. The highest BCUT2D eigenvalue weighted by molar-refractivity contribution is 5.92. The van der Waals surface area contributed by atoms with Crippen LogP contribution in [0.4, 0.5) is 0 Å². The van der Waals surface area contributed by atoms with Gasteiger partial charge in [0.05, 0.1) is 13.5 Å². The predicted molar refractivity (Wildman–Crippen MR) is 99.4 cm³/mol. The van der Waals surface area contributed by atoms with Crippen LogP contribution in [0.15, 0.2) is 30.5 Å². The van der Waals surface area contributed by atoms with Crippen molar-refractivity contribution in [1.29, 1.82) is 0 Å². The second-order valence-corrected chi connectivity index (χ2v) is 6.70. The van der Waals surface area contributed by atoms with E-state index in [1.165, 1.54) is 0 Å². The van der Waals surface area contributed by atoms with Gasteiger partial charge in [0.2, 0.25) is 5.91 Å². The molecular weight excluding hydrogens is 330 g/mol. The number of methoxy groups -OCH3 is 1. The van der Waals surface area contributed by atoms with Crippen LogP contribution in [0.1, 0.15) is 27.2 Å². The van der Waals surface area contributed by atoms with E-state index in [-0.39, 0.29) is 11.8 Å². The smallest absolute Gasteiger partial charge is 0.270 e. The molecule has 6 nitrogen and oxygen atoms in total. The summed E-state index contributed by atoms with van der Waals surface area (Å²) < 4.78 is 5.46. The van der Waals surface area contributed by atoms with Crippen molar-refractivity contribution in [3.63, 3.8) is 0 Å². The first kappa shape index (κ1) is 18.0. The van der Waals surface area contributed by atoms with E-state index in [9.17, 15) is 9.59 Å². The highest BCUT2D eigenvalue weighted by atomic mass is 16.5. The molecule has 0 atom stereocenters. The molecule has 138 valence electrons. The number of aromatic nitrogens is 1. The summed E-state index contributed by atoms with van der Waals surface area (Å²) in [6.45, 7) is 6.23. The number of benzene rings is 1. The van der Waals surface area contributed by atoms with Crippen molar-refractivity contribution in [2.24, 2.45) is 0 Å². The number of nitrogens with one attached hydrogen (secondary N) is 1. The number of aromatic amines is 1. The molecular formula is C20H25N3O3. The lowest BCUT2D eigenvalue weighted by molar-refractivity contribution is -0.131. The van der Waals surface area contributed by atoms with Crippen molar-refractivity contribution in [2.75, 3.05) is 33.3 Å². The zero-order valence-corrected chi connectivity index (χ0v) is 15.5. The Balaban J connectivity index is 1.62. The van der Waals surface area contributed by atoms with Gasteiger partial charge in [-0.05, 0) is 43.2 Å². The molecule has 1 fully saturated rings. The third-order valence-corrected chi connectivity index (χ3v) is 4.87. The van der Waals surface area contributed by atoms with Crippen LogP contribution in [0.5, 0.6) is 5.75 Å². The lowest BCUT2D eigenvalue weighted by Crippen LogP contribution is -2.51. The molecule has 0 spiro atoms. The molecule has 0 bridgehead atoms. The highest BCUT2D eigenvalue weighted by Gasteiger charge is 2.26. The van der Waals surface area contributed by atoms with Crippen molar-refractivity contribution < 1.29 is 14.3 Å². The average molecular weight is 355 g/mol. The molecule has 1 aliphatic rings. The van der Waals surface area contributed by atoms with Gasteiger partial charge in [-0.15, -0.1) is 0 Å². The zero-order valence-electron chi connectivity index (χ0n) is 15.5. The maximum Gasteiger partial charge on any atom is 0.270 e. The minimum atomic E-state index is -0.0156. The molecule has 2 aromatic rings. The van der Waals surface area contributed by atoms with Crippen molar-refractivity contribution in [3.8, 4) is 5.75 Å². The van der Waals surface area contributed by atoms with E-state index in [0.717, 1.165) is 22.4 Å². The number of ether oxygens (including phenoxy) is 1. The molecule has 1 aromatic heterocycles. The van der Waals surface area contributed by atoms with Crippen LogP contribution in [0.2, 0.25) is 0 Å². The molecule has 0 aliphatic carbocycles. The Kier molecular flexibility index (Phi) is 5.30. The summed E-state index contributed by atoms with van der Waals surface area (Å²) in [7, 11) is 1.63. The van der Waals surface area contributed by atoms with Crippen LogP contribution >= 0.6 is 0 Å². The Hall–Kier alpha value is -2.76. The van der Waals surface area contributed by atoms with Crippen molar-refractivity contribution in [3.05, 3.63) is 52.8 Å². The van der Waals surface area contributed by atoms with Crippen LogP contribution in [0.3, 0.4) is 0 Å². The molecule has 2 heterocycles. The van der Waals surface area contributed by atoms with Crippen LogP contribution in [-0.4, -0.2) is 59.9 Å². The van der Waals surface area contributed by atoms with E-state index < -0.39 is 0 Å². The fourth-order valence-corrected chi connectivity index (χ4v) is 3.42. The Bertz CT molecular complexity index is 791. The molecule has 0 saturated carbocycles. The molecule has 0 radical (unpaired) electrons. The molecule has 1 N–H and O–H groups in total. The fraction of sp³-hybridized carbons (Fsp3) is 0.400. The topological polar surface area (TPSA) is 65.6 Å². The summed E-state index contributed by atoms with van der Waals surface area (Å²) in [6, 6.07) is 7.61. The van der Waals surface area contributed by atoms with Gasteiger partial charge in [-0.25, -0.2) is 0 Å². The first-order valence-corrected chi connectivity index (χ1v) is 8.84. The summed E-state index contributed by atoms with van der Waals surface area (Å²) >= 11 is 0. The van der Waals surface area contributed by atoms with Gasteiger partial charge >= 0.3 is 0 Å². The summed E-state index contributed by atoms with van der Waals surface area (Å²) in [6.07, 6.45) is 2.06. The number of carbonyl (C=O) groups is 2. The second kappa shape index (κ2) is 7.64. The van der Waals surface area contributed by atoms with E-state index in [1.807, 2.05) is 30.9 Å². The Morgan fingerprint density at radius 1 is 1.12 bits per heavy atom. The van der Waals surface area contributed by atoms with E-state index in [2.05, 4.69) is 11.1 Å². The monoisotopic (exact) mass is 355 g/mol. The molecule has 3 rings (SSSR count). The van der Waals surface area contributed by atoms with Gasteiger partial charge in [0.25, 0.3) is 5.91 Å². The van der Waals surface area contributed by atoms with E-state index >= 15 is 0 Å². The quantitative estimate of drug-likeness (QED) is 0.914. The summed E-state index contributed by atoms with van der Waals surface area (Å²) in [5.41, 5.74) is 3.71. The number of amides is 2. The van der Waals surface area contributed by atoms with Gasteiger partial charge in [-0.2, -0.15) is 0 Å². The highest BCUT2D eigenvalue weighted by Crippen LogP contribution is 2.25. The maximum absolute atomic E-state index is 12.7. The number of piperazine rings is 1. The van der Waals surface area contributed by atoms with Gasteiger partial charge in [0.1, 0.15) is 11.4 Å². The maximum atomic E-state index is 12.7.